The molecule has 0 bridgehead atoms. The fourth-order valence-corrected chi connectivity index (χ4v) is 4.00. The number of piperazine rings is 1. The van der Waals surface area contributed by atoms with Crippen LogP contribution in [0, 0.1) is 5.82 Å². The highest BCUT2D eigenvalue weighted by Crippen LogP contribution is 2.38. The van der Waals surface area contributed by atoms with Crippen LogP contribution in [0.1, 0.15) is 29.9 Å². The molecule has 0 unspecified atom stereocenters. The molecule has 144 valence electrons. The molecular formula is C22H23FN4O. The molecule has 5 rings (SSSR count). The summed E-state index contributed by atoms with van der Waals surface area (Å²) in [6.07, 6.45) is 4.14. The summed E-state index contributed by atoms with van der Waals surface area (Å²) < 4.78 is 13.1. The molecule has 1 aliphatic carbocycles. The van der Waals surface area contributed by atoms with Gasteiger partial charge in [0.2, 0.25) is 0 Å². The van der Waals surface area contributed by atoms with E-state index in [1.54, 1.807) is 0 Å². The van der Waals surface area contributed by atoms with E-state index in [2.05, 4.69) is 19.8 Å². The van der Waals surface area contributed by atoms with E-state index in [1.165, 1.54) is 12.1 Å². The smallest absolute Gasteiger partial charge is 0.252 e. The van der Waals surface area contributed by atoms with E-state index >= 15 is 0 Å². The second kappa shape index (κ2) is 7.02. The predicted molar refractivity (Wildman–Crippen MR) is 108 cm³/mol. The van der Waals surface area contributed by atoms with Crippen molar-refractivity contribution < 1.29 is 4.39 Å². The largest absolute Gasteiger partial charge is 0.369 e. The van der Waals surface area contributed by atoms with Gasteiger partial charge in [0, 0.05) is 50.2 Å². The monoisotopic (exact) mass is 378 g/mol. The van der Waals surface area contributed by atoms with Crippen molar-refractivity contribution in [2.75, 3.05) is 31.1 Å². The van der Waals surface area contributed by atoms with Crippen molar-refractivity contribution in [1.82, 2.24) is 14.9 Å². The van der Waals surface area contributed by atoms with Gasteiger partial charge in [-0.1, -0.05) is 0 Å². The van der Waals surface area contributed by atoms with Gasteiger partial charge in [0.15, 0.2) is 0 Å². The summed E-state index contributed by atoms with van der Waals surface area (Å²) in [5.41, 5.74) is 4.77. The van der Waals surface area contributed by atoms with Crippen molar-refractivity contribution >= 4 is 16.7 Å². The Kier molecular flexibility index (Phi) is 4.36. The summed E-state index contributed by atoms with van der Waals surface area (Å²) in [5.74, 6) is 0.223. The average Bonchev–Trinajstić information content (AvgIpc) is 3.54. The molecule has 1 saturated carbocycles. The van der Waals surface area contributed by atoms with Gasteiger partial charge in [-0.2, -0.15) is 0 Å². The maximum absolute atomic E-state index is 13.1. The van der Waals surface area contributed by atoms with E-state index in [-0.39, 0.29) is 11.4 Å². The number of anilines is 1. The molecule has 0 amide bonds. The van der Waals surface area contributed by atoms with E-state index in [9.17, 15) is 9.18 Å². The summed E-state index contributed by atoms with van der Waals surface area (Å²) in [4.78, 5) is 24.6. The SMILES string of the molecule is O=c1[nH]c2cc(CN3CCN(c4ccc(F)cc4)CC3)cnc2cc1C1CC1. The van der Waals surface area contributed by atoms with E-state index in [4.69, 9.17) is 0 Å². The first-order valence-electron chi connectivity index (χ1n) is 9.90. The van der Waals surface area contributed by atoms with Gasteiger partial charge in [0.1, 0.15) is 5.82 Å². The molecule has 3 aromatic rings. The fraction of sp³-hybridized carbons (Fsp3) is 0.364. The number of hydrogen-bond acceptors (Lipinski definition) is 4. The topological polar surface area (TPSA) is 52.2 Å². The molecule has 1 aliphatic heterocycles. The summed E-state index contributed by atoms with van der Waals surface area (Å²) in [7, 11) is 0. The van der Waals surface area contributed by atoms with Crippen molar-refractivity contribution in [3.8, 4) is 0 Å². The summed E-state index contributed by atoms with van der Waals surface area (Å²) >= 11 is 0. The molecule has 2 fully saturated rings. The molecule has 0 atom stereocenters. The van der Waals surface area contributed by atoms with Crippen LogP contribution in [0.25, 0.3) is 11.0 Å². The van der Waals surface area contributed by atoms with E-state index in [0.29, 0.717) is 5.92 Å². The number of hydrogen-bond donors (Lipinski definition) is 1. The molecule has 1 aromatic carbocycles. The zero-order chi connectivity index (χ0) is 19.1. The van der Waals surface area contributed by atoms with Crippen LogP contribution in [0.15, 0.2) is 47.4 Å². The fourth-order valence-electron chi connectivity index (χ4n) is 4.00. The van der Waals surface area contributed by atoms with Gasteiger partial charge in [-0.3, -0.25) is 14.7 Å². The maximum Gasteiger partial charge on any atom is 0.252 e. The van der Waals surface area contributed by atoms with Crippen LogP contribution < -0.4 is 10.5 Å². The van der Waals surface area contributed by atoms with Crippen molar-refractivity contribution in [3.63, 3.8) is 0 Å². The van der Waals surface area contributed by atoms with Gasteiger partial charge in [0.25, 0.3) is 5.56 Å². The van der Waals surface area contributed by atoms with Crippen molar-refractivity contribution in [2.45, 2.75) is 25.3 Å². The maximum atomic E-state index is 13.1. The molecule has 3 heterocycles. The summed E-state index contributed by atoms with van der Waals surface area (Å²) in [6.45, 7) is 4.51. The quantitative estimate of drug-likeness (QED) is 0.757. The van der Waals surface area contributed by atoms with Gasteiger partial charge in [-0.05, 0) is 60.7 Å². The first-order chi connectivity index (χ1) is 13.7. The van der Waals surface area contributed by atoms with Crippen LogP contribution >= 0.6 is 0 Å². The first-order valence-corrected chi connectivity index (χ1v) is 9.90. The number of aromatic amines is 1. The number of nitrogens with one attached hydrogen (secondary N) is 1. The van der Waals surface area contributed by atoms with Gasteiger partial charge >= 0.3 is 0 Å². The molecule has 2 aliphatic rings. The third-order valence-corrected chi connectivity index (χ3v) is 5.77. The molecule has 6 heteroatoms. The second-order valence-electron chi connectivity index (χ2n) is 7.84. The number of pyridine rings is 2. The van der Waals surface area contributed by atoms with Crippen LogP contribution in [0.3, 0.4) is 0 Å². The molecule has 28 heavy (non-hydrogen) atoms. The molecule has 2 aromatic heterocycles. The van der Waals surface area contributed by atoms with E-state index in [0.717, 1.165) is 73.4 Å². The van der Waals surface area contributed by atoms with E-state index in [1.807, 2.05) is 30.5 Å². The lowest BCUT2D eigenvalue weighted by atomic mass is 10.1. The Morgan fingerprint density at radius 2 is 1.82 bits per heavy atom. The number of rotatable bonds is 4. The summed E-state index contributed by atoms with van der Waals surface area (Å²) in [5, 5.41) is 0. The molecule has 1 saturated heterocycles. The number of H-pyrrole nitrogens is 1. The molecule has 0 radical (unpaired) electrons. The Bertz CT molecular complexity index is 1050. The summed E-state index contributed by atoms with van der Waals surface area (Å²) in [6, 6.07) is 10.7. The standard InChI is InChI=1S/C22H23FN4O/c23-17-3-5-18(6-4-17)27-9-7-26(8-10-27)14-15-11-21-20(24-13-15)12-19(16-1-2-16)22(28)25-21/h3-6,11-13,16H,1-2,7-10,14H2,(H,25,28). The minimum atomic E-state index is -0.200. The van der Waals surface area contributed by atoms with Gasteiger partial charge in [-0.25, -0.2) is 4.39 Å². The van der Waals surface area contributed by atoms with Crippen LogP contribution in [0.2, 0.25) is 0 Å². The number of aromatic nitrogens is 2. The molecular weight excluding hydrogens is 355 g/mol. The normalized spacial score (nSPS) is 18.0. The Labute approximate surface area is 162 Å². The number of benzene rings is 1. The molecule has 5 nitrogen and oxygen atoms in total. The lowest BCUT2D eigenvalue weighted by Gasteiger charge is -2.36. The number of nitrogens with zero attached hydrogens (tertiary/aromatic N) is 3. The van der Waals surface area contributed by atoms with Gasteiger partial charge in [-0.15, -0.1) is 0 Å². The lowest BCUT2D eigenvalue weighted by molar-refractivity contribution is 0.249. The predicted octanol–water partition coefficient (Wildman–Crippen LogP) is 3.26. The van der Waals surface area contributed by atoms with Crippen LogP contribution in [0.5, 0.6) is 0 Å². The second-order valence-corrected chi connectivity index (χ2v) is 7.84. The van der Waals surface area contributed by atoms with Crippen LogP contribution in [-0.2, 0) is 6.54 Å². The van der Waals surface area contributed by atoms with E-state index < -0.39 is 0 Å². The van der Waals surface area contributed by atoms with Gasteiger partial charge < -0.3 is 9.88 Å². The Hall–Kier alpha value is -2.73. The lowest BCUT2D eigenvalue weighted by Crippen LogP contribution is -2.45. The molecule has 1 N–H and O–H groups in total. The minimum Gasteiger partial charge on any atom is -0.369 e. The average molecular weight is 378 g/mol. The Morgan fingerprint density at radius 3 is 2.54 bits per heavy atom. The van der Waals surface area contributed by atoms with Crippen molar-refractivity contribution in [1.29, 1.82) is 0 Å². The highest BCUT2D eigenvalue weighted by molar-refractivity contribution is 5.75. The number of fused-ring (bicyclic) bond motifs is 1. The molecule has 0 spiro atoms. The Morgan fingerprint density at radius 1 is 1.07 bits per heavy atom. The number of halogens is 1. The zero-order valence-electron chi connectivity index (χ0n) is 15.7. The van der Waals surface area contributed by atoms with Crippen LogP contribution in [0.4, 0.5) is 10.1 Å². The van der Waals surface area contributed by atoms with Crippen molar-refractivity contribution in [2.24, 2.45) is 0 Å². The van der Waals surface area contributed by atoms with Gasteiger partial charge in [0.05, 0.1) is 11.0 Å². The third kappa shape index (κ3) is 3.52. The first kappa shape index (κ1) is 17.4. The Balaban J connectivity index is 1.26. The highest BCUT2D eigenvalue weighted by atomic mass is 19.1. The third-order valence-electron chi connectivity index (χ3n) is 5.77. The van der Waals surface area contributed by atoms with Crippen molar-refractivity contribution in [3.05, 3.63) is 69.9 Å². The minimum absolute atomic E-state index is 0.0295. The zero-order valence-corrected chi connectivity index (χ0v) is 15.7. The highest BCUT2D eigenvalue weighted by Gasteiger charge is 2.26. The van der Waals surface area contributed by atoms with Crippen LogP contribution in [-0.4, -0.2) is 41.0 Å².